The average Bonchev–Trinajstić information content (AvgIpc) is 2.74. The van der Waals surface area contributed by atoms with Gasteiger partial charge in [-0.15, -0.1) is 11.3 Å². The highest BCUT2D eigenvalue weighted by molar-refractivity contribution is 7.15. The van der Waals surface area contributed by atoms with E-state index in [1.54, 1.807) is 0 Å². The van der Waals surface area contributed by atoms with Crippen LogP contribution in [0.15, 0.2) is 18.5 Å². The van der Waals surface area contributed by atoms with Crippen LogP contribution in [0.25, 0.3) is 10.6 Å². The average molecular weight is 291 g/mol. The third kappa shape index (κ3) is 2.90. The molecule has 0 aromatic carbocycles. The number of hydrogen-bond acceptors (Lipinski definition) is 4. The maximum Gasteiger partial charge on any atom is 0.434 e. The van der Waals surface area contributed by atoms with Crippen molar-refractivity contribution in [2.45, 2.75) is 12.7 Å². The van der Waals surface area contributed by atoms with Crippen molar-refractivity contribution in [2.24, 2.45) is 0 Å². The van der Waals surface area contributed by atoms with E-state index >= 15 is 0 Å². The molecule has 2 aromatic rings. The van der Waals surface area contributed by atoms with Crippen LogP contribution < -0.4 is 5.32 Å². The van der Waals surface area contributed by atoms with Crippen LogP contribution >= 0.6 is 11.3 Å². The van der Waals surface area contributed by atoms with Crippen molar-refractivity contribution in [3.05, 3.63) is 34.8 Å². The molecular formula is C11H9F4N3S. The van der Waals surface area contributed by atoms with Crippen molar-refractivity contribution in [2.75, 3.05) is 7.05 Å². The van der Waals surface area contributed by atoms with E-state index in [0.717, 1.165) is 17.5 Å². The summed E-state index contributed by atoms with van der Waals surface area (Å²) in [6.45, 7) is 0.0270. The SMILES string of the molecule is CNCc1sc(-c2ccncc2F)nc1C(F)(F)F. The fourth-order valence-corrected chi connectivity index (χ4v) is 2.64. The molecule has 2 aromatic heterocycles. The highest BCUT2D eigenvalue weighted by atomic mass is 32.1. The Labute approximate surface area is 110 Å². The molecule has 0 saturated heterocycles. The largest absolute Gasteiger partial charge is 0.434 e. The Balaban J connectivity index is 2.52. The van der Waals surface area contributed by atoms with E-state index in [0.29, 0.717) is 0 Å². The van der Waals surface area contributed by atoms with Crippen LogP contribution in [0.1, 0.15) is 10.6 Å². The Morgan fingerprint density at radius 2 is 2.11 bits per heavy atom. The first-order valence-corrected chi connectivity index (χ1v) is 6.06. The smallest absolute Gasteiger partial charge is 0.315 e. The molecule has 0 saturated carbocycles. The van der Waals surface area contributed by atoms with E-state index in [1.165, 1.54) is 19.3 Å². The Hall–Kier alpha value is -1.54. The lowest BCUT2D eigenvalue weighted by atomic mass is 10.2. The van der Waals surface area contributed by atoms with Gasteiger partial charge in [-0.05, 0) is 13.1 Å². The molecule has 2 rings (SSSR count). The van der Waals surface area contributed by atoms with E-state index in [9.17, 15) is 17.6 Å². The van der Waals surface area contributed by atoms with Crippen molar-refractivity contribution in [3.8, 4) is 10.6 Å². The molecule has 0 aliphatic rings. The van der Waals surface area contributed by atoms with Crippen molar-refractivity contribution in [3.63, 3.8) is 0 Å². The summed E-state index contributed by atoms with van der Waals surface area (Å²) in [6.07, 6.45) is -2.29. The second kappa shape index (κ2) is 5.22. The second-order valence-electron chi connectivity index (χ2n) is 3.67. The summed E-state index contributed by atoms with van der Waals surface area (Å²) in [4.78, 5) is 7.10. The van der Waals surface area contributed by atoms with Gasteiger partial charge in [0.15, 0.2) is 11.5 Å². The molecule has 0 aliphatic carbocycles. The van der Waals surface area contributed by atoms with Crippen LogP contribution in [0.2, 0.25) is 0 Å². The predicted molar refractivity (Wildman–Crippen MR) is 63.1 cm³/mol. The molecule has 0 fully saturated rings. The maximum atomic E-state index is 13.5. The quantitative estimate of drug-likeness (QED) is 0.883. The Morgan fingerprint density at radius 1 is 1.37 bits per heavy atom. The maximum absolute atomic E-state index is 13.5. The number of hydrogen-bond donors (Lipinski definition) is 1. The fourth-order valence-electron chi connectivity index (χ4n) is 1.52. The van der Waals surface area contributed by atoms with E-state index in [4.69, 9.17) is 0 Å². The van der Waals surface area contributed by atoms with Gasteiger partial charge in [0.1, 0.15) is 5.01 Å². The zero-order chi connectivity index (χ0) is 14.0. The lowest BCUT2D eigenvalue weighted by Crippen LogP contribution is -2.12. The number of nitrogens with one attached hydrogen (secondary N) is 1. The lowest BCUT2D eigenvalue weighted by molar-refractivity contribution is -0.141. The molecule has 1 N–H and O–H groups in total. The number of pyridine rings is 1. The van der Waals surface area contributed by atoms with Crippen molar-refractivity contribution < 1.29 is 17.6 Å². The topological polar surface area (TPSA) is 37.8 Å². The van der Waals surface area contributed by atoms with Gasteiger partial charge in [0.05, 0.1) is 11.1 Å². The number of aromatic nitrogens is 2. The fraction of sp³-hybridized carbons (Fsp3) is 0.273. The summed E-state index contributed by atoms with van der Waals surface area (Å²) >= 11 is 0.817. The molecule has 8 heteroatoms. The van der Waals surface area contributed by atoms with Gasteiger partial charge in [-0.1, -0.05) is 0 Å². The predicted octanol–water partition coefficient (Wildman–Crippen LogP) is 3.08. The minimum Gasteiger partial charge on any atom is -0.315 e. The van der Waals surface area contributed by atoms with Gasteiger partial charge in [-0.25, -0.2) is 9.37 Å². The van der Waals surface area contributed by atoms with E-state index in [1.807, 2.05) is 0 Å². The third-order valence-corrected chi connectivity index (χ3v) is 3.39. The van der Waals surface area contributed by atoms with Crippen LogP contribution in [-0.2, 0) is 12.7 Å². The summed E-state index contributed by atoms with van der Waals surface area (Å²) < 4.78 is 51.9. The Morgan fingerprint density at radius 3 is 2.68 bits per heavy atom. The highest BCUT2D eigenvalue weighted by Gasteiger charge is 2.37. The van der Waals surface area contributed by atoms with Gasteiger partial charge < -0.3 is 5.32 Å². The minimum atomic E-state index is -4.55. The zero-order valence-corrected chi connectivity index (χ0v) is 10.6. The number of halogens is 4. The molecule has 0 spiro atoms. The Bertz CT molecular complexity index is 580. The van der Waals surface area contributed by atoms with Gasteiger partial charge in [0.2, 0.25) is 0 Å². The van der Waals surface area contributed by atoms with Crippen LogP contribution in [0.4, 0.5) is 17.6 Å². The number of nitrogens with zero attached hydrogens (tertiary/aromatic N) is 2. The first kappa shape index (κ1) is 13.9. The van der Waals surface area contributed by atoms with Gasteiger partial charge in [-0.3, -0.25) is 4.98 Å². The van der Waals surface area contributed by atoms with E-state index < -0.39 is 17.7 Å². The van der Waals surface area contributed by atoms with Crippen molar-refractivity contribution in [1.29, 1.82) is 0 Å². The normalized spacial score (nSPS) is 11.8. The molecule has 3 nitrogen and oxygen atoms in total. The molecule has 0 radical (unpaired) electrons. The lowest BCUT2D eigenvalue weighted by Gasteiger charge is -2.04. The summed E-state index contributed by atoms with van der Waals surface area (Å²) in [6, 6.07) is 1.30. The standard InChI is InChI=1S/C11H9F4N3S/c1-16-5-8-9(11(13,14)15)18-10(19-8)6-2-3-17-4-7(6)12/h2-4,16H,5H2,1H3. The summed E-state index contributed by atoms with van der Waals surface area (Å²) in [5.41, 5.74) is -0.953. The van der Waals surface area contributed by atoms with E-state index in [-0.39, 0.29) is 22.0 Å². The summed E-state index contributed by atoms with van der Waals surface area (Å²) in [7, 11) is 1.53. The molecule has 0 atom stereocenters. The van der Waals surface area contributed by atoms with Gasteiger partial charge in [-0.2, -0.15) is 13.2 Å². The first-order valence-electron chi connectivity index (χ1n) is 5.25. The van der Waals surface area contributed by atoms with Crippen molar-refractivity contribution >= 4 is 11.3 Å². The third-order valence-electron chi connectivity index (χ3n) is 2.31. The van der Waals surface area contributed by atoms with Crippen LogP contribution in [0, 0.1) is 5.82 Å². The van der Waals surface area contributed by atoms with Gasteiger partial charge in [0, 0.05) is 18.3 Å². The molecule has 0 bridgehead atoms. The zero-order valence-electron chi connectivity index (χ0n) is 9.75. The molecule has 102 valence electrons. The molecule has 2 heterocycles. The molecule has 0 aliphatic heterocycles. The number of rotatable bonds is 3. The number of alkyl halides is 3. The molecule has 0 amide bonds. The number of thiazole rings is 1. The van der Waals surface area contributed by atoms with Gasteiger partial charge >= 0.3 is 6.18 Å². The van der Waals surface area contributed by atoms with Crippen molar-refractivity contribution in [1.82, 2.24) is 15.3 Å². The summed E-state index contributed by atoms with van der Waals surface area (Å²) in [5, 5.41) is 2.64. The minimum absolute atomic E-state index is 0.00234. The van der Waals surface area contributed by atoms with Crippen LogP contribution in [0.5, 0.6) is 0 Å². The van der Waals surface area contributed by atoms with Gasteiger partial charge in [0.25, 0.3) is 0 Å². The second-order valence-corrected chi connectivity index (χ2v) is 4.76. The summed E-state index contributed by atoms with van der Waals surface area (Å²) in [5.74, 6) is -0.694. The molecule has 0 unspecified atom stereocenters. The first-order chi connectivity index (χ1) is 8.93. The monoisotopic (exact) mass is 291 g/mol. The highest BCUT2D eigenvalue weighted by Crippen LogP contribution is 2.38. The Kier molecular flexibility index (Phi) is 3.81. The molecular weight excluding hydrogens is 282 g/mol. The van der Waals surface area contributed by atoms with E-state index in [2.05, 4.69) is 15.3 Å². The molecule has 19 heavy (non-hydrogen) atoms. The van der Waals surface area contributed by atoms with Crippen LogP contribution in [-0.4, -0.2) is 17.0 Å². The van der Waals surface area contributed by atoms with Crippen LogP contribution in [0.3, 0.4) is 0 Å².